The summed E-state index contributed by atoms with van der Waals surface area (Å²) in [7, 11) is 4.79. The summed E-state index contributed by atoms with van der Waals surface area (Å²) in [5.41, 5.74) is 1.18. The number of aryl methyl sites for hydroxylation is 1. The van der Waals surface area contributed by atoms with Gasteiger partial charge in [0.15, 0.2) is 0 Å². The molecule has 0 N–H and O–H groups in total. The van der Waals surface area contributed by atoms with E-state index in [0.29, 0.717) is 30.2 Å². The molecule has 8 nitrogen and oxygen atoms in total. The molecule has 1 aliphatic rings. The quantitative estimate of drug-likeness (QED) is 0.632. The zero-order chi connectivity index (χ0) is 22.0. The van der Waals surface area contributed by atoms with Gasteiger partial charge in [-0.05, 0) is 37.1 Å². The number of carbonyl (C=O) groups is 1. The van der Waals surface area contributed by atoms with Crippen LogP contribution >= 0.6 is 0 Å². The van der Waals surface area contributed by atoms with Crippen LogP contribution in [0, 0.1) is 0 Å². The molecule has 0 unspecified atom stereocenters. The third-order valence-electron chi connectivity index (χ3n) is 5.71. The van der Waals surface area contributed by atoms with E-state index in [-0.39, 0.29) is 17.5 Å². The molecule has 0 bridgehead atoms. The van der Waals surface area contributed by atoms with E-state index in [2.05, 4.69) is 5.10 Å². The topological polar surface area (TPSA) is 78.6 Å². The SMILES string of the molecule is COc1cc(OC)cc(C(=O)N2CCC(c3nn(C)c(=O)n3-c3ccccc3)CC2)c1. The van der Waals surface area contributed by atoms with Crippen molar-refractivity contribution in [1.82, 2.24) is 19.2 Å². The number of hydrogen-bond donors (Lipinski definition) is 0. The maximum Gasteiger partial charge on any atom is 0.350 e. The molecular weight excluding hydrogens is 396 g/mol. The van der Waals surface area contributed by atoms with Gasteiger partial charge >= 0.3 is 5.69 Å². The lowest BCUT2D eigenvalue weighted by Crippen LogP contribution is -2.38. The molecule has 1 fully saturated rings. The molecule has 4 rings (SSSR count). The van der Waals surface area contributed by atoms with E-state index in [1.165, 1.54) is 4.68 Å². The number of nitrogens with zero attached hydrogens (tertiary/aromatic N) is 4. The average Bonchev–Trinajstić information content (AvgIpc) is 3.13. The van der Waals surface area contributed by atoms with Crippen molar-refractivity contribution in [2.45, 2.75) is 18.8 Å². The Morgan fingerprint density at radius 1 is 1.00 bits per heavy atom. The second kappa shape index (κ2) is 8.67. The highest BCUT2D eigenvalue weighted by Crippen LogP contribution is 2.29. The van der Waals surface area contributed by atoms with Crippen molar-refractivity contribution in [3.05, 3.63) is 70.4 Å². The van der Waals surface area contributed by atoms with E-state index in [9.17, 15) is 9.59 Å². The molecule has 3 aromatic rings. The summed E-state index contributed by atoms with van der Waals surface area (Å²) in [6.45, 7) is 1.17. The van der Waals surface area contributed by atoms with Gasteiger partial charge in [-0.15, -0.1) is 0 Å². The Morgan fingerprint density at radius 2 is 1.61 bits per heavy atom. The monoisotopic (exact) mass is 422 g/mol. The molecule has 162 valence electrons. The summed E-state index contributed by atoms with van der Waals surface area (Å²) in [5, 5.41) is 4.51. The number of aromatic nitrogens is 3. The number of carbonyl (C=O) groups excluding carboxylic acids is 1. The van der Waals surface area contributed by atoms with Gasteiger partial charge in [-0.3, -0.25) is 4.79 Å². The molecule has 1 aromatic heterocycles. The highest BCUT2D eigenvalue weighted by molar-refractivity contribution is 5.95. The lowest BCUT2D eigenvalue weighted by Gasteiger charge is -2.31. The average molecular weight is 422 g/mol. The van der Waals surface area contributed by atoms with Crippen LogP contribution in [0.25, 0.3) is 5.69 Å². The van der Waals surface area contributed by atoms with E-state index < -0.39 is 0 Å². The predicted molar refractivity (Wildman–Crippen MR) is 116 cm³/mol. The van der Waals surface area contributed by atoms with Gasteiger partial charge in [0.25, 0.3) is 5.91 Å². The second-order valence-electron chi connectivity index (χ2n) is 7.60. The molecule has 1 saturated heterocycles. The third-order valence-corrected chi connectivity index (χ3v) is 5.71. The van der Waals surface area contributed by atoms with E-state index in [1.54, 1.807) is 44.0 Å². The highest BCUT2D eigenvalue weighted by atomic mass is 16.5. The number of ether oxygens (including phenoxy) is 2. The maximum absolute atomic E-state index is 13.1. The number of methoxy groups -OCH3 is 2. The van der Waals surface area contributed by atoms with Crippen LogP contribution in [-0.2, 0) is 7.05 Å². The van der Waals surface area contributed by atoms with E-state index in [1.807, 2.05) is 35.2 Å². The van der Waals surface area contributed by atoms with Crippen molar-refractivity contribution < 1.29 is 14.3 Å². The van der Waals surface area contributed by atoms with Gasteiger partial charge in [-0.2, -0.15) is 5.10 Å². The van der Waals surface area contributed by atoms with Gasteiger partial charge in [0, 0.05) is 37.7 Å². The summed E-state index contributed by atoms with van der Waals surface area (Å²) in [5.74, 6) is 1.94. The molecule has 1 aliphatic heterocycles. The number of para-hydroxylation sites is 1. The molecule has 0 atom stereocenters. The summed E-state index contributed by atoms with van der Waals surface area (Å²) in [4.78, 5) is 27.6. The molecule has 8 heteroatoms. The number of piperidine rings is 1. The summed E-state index contributed by atoms with van der Waals surface area (Å²) < 4.78 is 13.6. The summed E-state index contributed by atoms with van der Waals surface area (Å²) in [6.07, 6.45) is 1.46. The van der Waals surface area contributed by atoms with Crippen molar-refractivity contribution >= 4 is 5.91 Å². The molecule has 0 spiro atoms. The van der Waals surface area contributed by atoms with Crippen LogP contribution in [-0.4, -0.2) is 52.5 Å². The lowest BCUT2D eigenvalue weighted by atomic mass is 9.95. The van der Waals surface area contributed by atoms with Crippen LogP contribution < -0.4 is 15.2 Å². The Morgan fingerprint density at radius 3 is 2.19 bits per heavy atom. The van der Waals surface area contributed by atoms with Crippen LogP contribution in [0.2, 0.25) is 0 Å². The standard InChI is InChI=1S/C23H26N4O4/c1-25-23(29)27(18-7-5-4-6-8-18)21(24-25)16-9-11-26(12-10-16)22(28)17-13-19(30-2)15-20(14-17)31-3/h4-8,13-16H,9-12H2,1-3H3. The van der Waals surface area contributed by atoms with Crippen molar-refractivity contribution in [3.8, 4) is 17.2 Å². The normalized spacial score (nSPS) is 14.5. The number of amides is 1. The zero-order valence-corrected chi connectivity index (χ0v) is 17.9. The van der Waals surface area contributed by atoms with Crippen molar-refractivity contribution in [3.63, 3.8) is 0 Å². The fraction of sp³-hybridized carbons (Fsp3) is 0.348. The largest absolute Gasteiger partial charge is 0.497 e. The zero-order valence-electron chi connectivity index (χ0n) is 17.9. The lowest BCUT2D eigenvalue weighted by molar-refractivity contribution is 0.0710. The Kier molecular flexibility index (Phi) is 5.79. The fourth-order valence-electron chi connectivity index (χ4n) is 4.02. The van der Waals surface area contributed by atoms with Crippen LogP contribution in [0.1, 0.15) is 34.9 Å². The second-order valence-corrected chi connectivity index (χ2v) is 7.60. The molecule has 0 aliphatic carbocycles. The van der Waals surface area contributed by atoms with Gasteiger partial charge in [0.2, 0.25) is 0 Å². The van der Waals surface area contributed by atoms with Gasteiger partial charge in [0.1, 0.15) is 17.3 Å². The van der Waals surface area contributed by atoms with E-state index >= 15 is 0 Å². The summed E-state index contributed by atoms with van der Waals surface area (Å²) >= 11 is 0. The van der Waals surface area contributed by atoms with Crippen LogP contribution in [0.15, 0.2) is 53.3 Å². The van der Waals surface area contributed by atoms with Gasteiger partial charge in [-0.1, -0.05) is 18.2 Å². The predicted octanol–water partition coefficient (Wildman–Crippen LogP) is 2.61. The molecule has 2 heterocycles. The third kappa shape index (κ3) is 4.05. The Hall–Kier alpha value is -3.55. The minimum atomic E-state index is -0.164. The van der Waals surface area contributed by atoms with Gasteiger partial charge < -0.3 is 14.4 Å². The molecule has 1 amide bonds. The van der Waals surface area contributed by atoms with Gasteiger partial charge in [-0.25, -0.2) is 14.0 Å². The van der Waals surface area contributed by atoms with E-state index in [0.717, 1.165) is 24.4 Å². The van der Waals surface area contributed by atoms with Crippen molar-refractivity contribution in [2.24, 2.45) is 7.05 Å². The van der Waals surface area contributed by atoms with Crippen LogP contribution in [0.4, 0.5) is 0 Å². The Bertz CT molecular complexity index is 1110. The van der Waals surface area contributed by atoms with Gasteiger partial charge in [0.05, 0.1) is 19.9 Å². The first-order chi connectivity index (χ1) is 15.0. The highest BCUT2D eigenvalue weighted by Gasteiger charge is 2.29. The number of rotatable bonds is 5. The Balaban J connectivity index is 1.53. The smallest absolute Gasteiger partial charge is 0.350 e. The molecular formula is C23H26N4O4. The minimum Gasteiger partial charge on any atom is -0.497 e. The number of hydrogen-bond acceptors (Lipinski definition) is 5. The maximum atomic E-state index is 13.1. The fourth-order valence-corrected chi connectivity index (χ4v) is 4.02. The minimum absolute atomic E-state index is 0.0582. The number of likely N-dealkylation sites (tertiary alicyclic amines) is 1. The van der Waals surface area contributed by atoms with Crippen molar-refractivity contribution in [2.75, 3.05) is 27.3 Å². The molecule has 0 radical (unpaired) electrons. The molecule has 0 saturated carbocycles. The van der Waals surface area contributed by atoms with Crippen LogP contribution in [0.3, 0.4) is 0 Å². The van der Waals surface area contributed by atoms with Crippen LogP contribution in [0.5, 0.6) is 11.5 Å². The molecule has 2 aromatic carbocycles. The van der Waals surface area contributed by atoms with E-state index in [4.69, 9.17) is 9.47 Å². The Labute approximate surface area is 180 Å². The molecule has 31 heavy (non-hydrogen) atoms. The first-order valence-electron chi connectivity index (χ1n) is 10.3. The number of benzene rings is 2. The first-order valence-corrected chi connectivity index (χ1v) is 10.3. The first kappa shape index (κ1) is 20.7. The summed E-state index contributed by atoms with van der Waals surface area (Å²) in [6, 6.07) is 14.7. The van der Waals surface area contributed by atoms with Crippen molar-refractivity contribution in [1.29, 1.82) is 0 Å².